The second-order valence-electron chi connectivity index (χ2n) is 9.79. The molecule has 2 heterocycles. The molecule has 5 rings (SSSR count). The smallest absolute Gasteiger partial charge is 0.416 e. The second-order valence-corrected chi connectivity index (χ2v) is 9.79. The van der Waals surface area contributed by atoms with Crippen molar-refractivity contribution in [2.24, 2.45) is 0 Å². The maximum atomic E-state index is 13.4. The zero-order valence-electron chi connectivity index (χ0n) is 20.0. The number of anilines is 1. The highest BCUT2D eigenvalue weighted by atomic mass is 19.4. The number of likely N-dealkylation sites (N-methyl/N-ethyl adjacent to an activating group) is 1. The number of carbonyl (C=O) groups is 1. The van der Waals surface area contributed by atoms with Gasteiger partial charge in [-0.2, -0.15) is 13.2 Å². The highest BCUT2D eigenvalue weighted by molar-refractivity contribution is 6.01. The Bertz CT molecular complexity index is 1340. The van der Waals surface area contributed by atoms with Crippen LogP contribution in [-0.2, 0) is 11.6 Å². The minimum atomic E-state index is -4.42. The third-order valence-corrected chi connectivity index (χ3v) is 7.49. The van der Waals surface area contributed by atoms with E-state index < -0.39 is 22.9 Å². The zero-order valence-corrected chi connectivity index (χ0v) is 20.0. The van der Waals surface area contributed by atoms with Crippen molar-refractivity contribution in [3.8, 4) is 5.75 Å². The molecule has 3 aromatic carbocycles. The van der Waals surface area contributed by atoms with Crippen LogP contribution in [0.5, 0.6) is 5.75 Å². The van der Waals surface area contributed by atoms with E-state index in [1.807, 2.05) is 81.3 Å². The molecule has 6 heteroatoms. The van der Waals surface area contributed by atoms with Gasteiger partial charge in [0.1, 0.15) is 5.75 Å². The zero-order chi connectivity index (χ0) is 25.2. The summed E-state index contributed by atoms with van der Waals surface area (Å²) in [6.45, 7) is 5.68. The number of hydrogen-bond donors (Lipinski definition) is 0. The van der Waals surface area contributed by atoms with Gasteiger partial charge in [0.15, 0.2) is 5.78 Å². The SMILES string of the molecule is CC(C(=O)c1ccc2c(c1)C=CC1(O2)N(C)c2ccc(C(F)(F)F)cc2C1(C)C)c1ccccc1. The van der Waals surface area contributed by atoms with Crippen LogP contribution in [-0.4, -0.2) is 18.6 Å². The predicted molar refractivity (Wildman–Crippen MR) is 131 cm³/mol. The molecule has 0 bridgehead atoms. The van der Waals surface area contributed by atoms with E-state index in [1.165, 1.54) is 12.1 Å². The first kappa shape index (κ1) is 23.2. The lowest BCUT2D eigenvalue weighted by Gasteiger charge is -2.45. The van der Waals surface area contributed by atoms with Crippen molar-refractivity contribution < 1.29 is 22.7 Å². The van der Waals surface area contributed by atoms with Gasteiger partial charge in [-0.05, 0) is 73.5 Å². The van der Waals surface area contributed by atoms with Crippen molar-refractivity contribution in [2.45, 2.75) is 44.0 Å². The molecule has 0 amide bonds. The molecule has 2 aliphatic rings. The van der Waals surface area contributed by atoms with Gasteiger partial charge >= 0.3 is 6.18 Å². The molecule has 0 saturated heterocycles. The highest BCUT2D eigenvalue weighted by Crippen LogP contribution is 2.55. The number of rotatable bonds is 3. The molecule has 0 saturated carbocycles. The van der Waals surface area contributed by atoms with Gasteiger partial charge in [-0.15, -0.1) is 0 Å². The standard InChI is InChI=1S/C29H26F3NO2/c1-18(19-8-6-5-7-9-19)26(34)21-10-13-25-20(16-21)14-15-28(35-25)27(2,3)23-17-22(29(30,31)32)11-12-24(23)33(28)4/h5-18H,1-4H3. The topological polar surface area (TPSA) is 29.5 Å². The van der Waals surface area contributed by atoms with Gasteiger partial charge in [-0.3, -0.25) is 4.79 Å². The molecule has 1 spiro atoms. The average molecular weight is 478 g/mol. The first-order valence-corrected chi connectivity index (χ1v) is 11.5. The number of ketones is 1. The molecule has 0 N–H and O–H groups in total. The summed E-state index contributed by atoms with van der Waals surface area (Å²) in [5, 5.41) is 0. The number of benzene rings is 3. The van der Waals surface area contributed by atoms with Crippen LogP contribution in [0.15, 0.2) is 72.8 Å². The molecule has 0 fully saturated rings. The van der Waals surface area contributed by atoms with E-state index in [0.29, 0.717) is 22.6 Å². The summed E-state index contributed by atoms with van der Waals surface area (Å²) in [5.74, 6) is 0.310. The fraction of sp³-hybridized carbons (Fsp3) is 0.276. The second kappa shape index (κ2) is 7.74. The molecule has 2 atom stereocenters. The Morgan fingerprint density at radius 1 is 1.00 bits per heavy atom. The number of fused-ring (bicyclic) bond motifs is 2. The van der Waals surface area contributed by atoms with Crippen molar-refractivity contribution in [1.82, 2.24) is 0 Å². The van der Waals surface area contributed by atoms with Crippen LogP contribution < -0.4 is 9.64 Å². The third kappa shape index (κ3) is 3.46. The summed E-state index contributed by atoms with van der Waals surface area (Å²) < 4.78 is 46.8. The average Bonchev–Trinajstić information content (AvgIpc) is 3.00. The normalized spacial score (nSPS) is 20.8. The van der Waals surface area contributed by atoms with Crippen molar-refractivity contribution in [2.75, 3.05) is 11.9 Å². The van der Waals surface area contributed by atoms with Crippen LogP contribution in [0.25, 0.3) is 6.08 Å². The molecule has 3 aromatic rings. The lowest BCUT2D eigenvalue weighted by molar-refractivity contribution is -0.137. The number of hydrogen-bond acceptors (Lipinski definition) is 3. The number of halogens is 3. The van der Waals surface area contributed by atoms with Crippen LogP contribution in [0.1, 0.15) is 59.3 Å². The van der Waals surface area contributed by atoms with E-state index in [4.69, 9.17) is 4.74 Å². The number of ether oxygens (including phenoxy) is 1. The molecule has 35 heavy (non-hydrogen) atoms. The summed E-state index contributed by atoms with van der Waals surface area (Å²) in [7, 11) is 1.83. The maximum absolute atomic E-state index is 13.4. The maximum Gasteiger partial charge on any atom is 0.416 e. The van der Waals surface area contributed by atoms with Crippen LogP contribution in [0.4, 0.5) is 18.9 Å². The van der Waals surface area contributed by atoms with E-state index in [0.717, 1.165) is 17.2 Å². The lowest BCUT2D eigenvalue weighted by Crippen LogP contribution is -2.58. The fourth-order valence-electron chi connectivity index (χ4n) is 5.29. The van der Waals surface area contributed by atoms with E-state index in [9.17, 15) is 18.0 Å². The molecule has 180 valence electrons. The van der Waals surface area contributed by atoms with Crippen molar-refractivity contribution >= 4 is 17.5 Å². The molecule has 0 aromatic heterocycles. The van der Waals surface area contributed by atoms with Crippen molar-refractivity contribution in [3.05, 3.63) is 101 Å². The Balaban J connectivity index is 1.49. The van der Waals surface area contributed by atoms with Gasteiger partial charge in [0.25, 0.3) is 0 Å². The Labute approximate surface area is 202 Å². The van der Waals surface area contributed by atoms with Crippen LogP contribution in [0.3, 0.4) is 0 Å². The molecule has 0 radical (unpaired) electrons. The van der Waals surface area contributed by atoms with Crippen LogP contribution in [0, 0.1) is 0 Å². The van der Waals surface area contributed by atoms with Gasteiger partial charge in [-0.25, -0.2) is 0 Å². The first-order valence-electron chi connectivity index (χ1n) is 11.5. The molecular weight excluding hydrogens is 451 g/mol. The monoisotopic (exact) mass is 477 g/mol. The van der Waals surface area contributed by atoms with E-state index in [1.54, 1.807) is 12.1 Å². The molecule has 3 nitrogen and oxygen atoms in total. The fourth-order valence-corrected chi connectivity index (χ4v) is 5.29. The number of nitrogens with zero attached hydrogens (tertiary/aromatic N) is 1. The number of carbonyl (C=O) groups excluding carboxylic acids is 1. The highest BCUT2D eigenvalue weighted by Gasteiger charge is 2.58. The van der Waals surface area contributed by atoms with E-state index in [2.05, 4.69) is 0 Å². The van der Waals surface area contributed by atoms with Gasteiger partial charge in [0.05, 0.1) is 11.0 Å². The summed E-state index contributed by atoms with van der Waals surface area (Å²) in [4.78, 5) is 15.0. The minimum Gasteiger partial charge on any atom is -0.463 e. The summed E-state index contributed by atoms with van der Waals surface area (Å²) in [6.07, 6.45) is -0.635. The Kier molecular flexibility index (Phi) is 5.13. The van der Waals surface area contributed by atoms with Crippen LogP contribution >= 0.6 is 0 Å². The minimum absolute atomic E-state index is 0.0121. The molecular formula is C29H26F3NO2. The Hall–Kier alpha value is -3.54. The van der Waals surface area contributed by atoms with Crippen LogP contribution in [0.2, 0.25) is 0 Å². The third-order valence-electron chi connectivity index (χ3n) is 7.49. The summed E-state index contributed by atoms with van der Waals surface area (Å²) in [6, 6.07) is 18.8. The molecule has 2 aliphatic heterocycles. The van der Waals surface area contributed by atoms with Gasteiger partial charge in [0, 0.05) is 29.8 Å². The largest absolute Gasteiger partial charge is 0.463 e. The van der Waals surface area contributed by atoms with Gasteiger partial charge < -0.3 is 9.64 Å². The summed E-state index contributed by atoms with van der Waals surface area (Å²) >= 11 is 0. The van der Waals surface area contributed by atoms with E-state index >= 15 is 0 Å². The first-order chi connectivity index (χ1) is 16.5. The Morgan fingerprint density at radius 3 is 2.40 bits per heavy atom. The molecule has 0 aliphatic carbocycles. The molecule has 2 unspecified atom stereocenters. The Morgan fingerprint density at radius 2 is 1.71 bits per heavy atom. The quantitative estimate of drug-likeness (QED) is 0.373. The predicted octanol–water partition coefficient (Wildman–Crippen LogP) is 7.22. The van der Waals surface area contributed by atoms with Crippen molar-refractivity contribution in [1.29, 1.82) is 0 Å². The van der Waals surface area contributed by atoms with Gasteiger partial charge in [0.2, 0.25) is 5.72 Å². The van der Waals surface area contributed by atoms with Gasteiger partial charge in [-0.1, -0.05) is 37.3 Å². The number of alkyl halides is 3. The van der Waals surface area contributed by atoms with E-state index in [-0.39, 0.29) is 11.7 Å². The lowest BCUT2D eigenvalue weighted by atomic mass is 9.76. The number of Topliss-reactive ketones (excluding diaryl/α,β-unsaturated/α-hetero) is 1. The summed E-state index contributed by atoms with van der Waals surface area (Å²) in [5.41, 5.74) is 1.11. The van der Waals surface area contributed by atoms with Crippen molar-refractivity contribution in [3.63, 3.8) is 0 Å².